The molecule has 2 N–H and O–H groups in total. The maximum atomic E-state index is 13.4. The van der Waals surface area contributed by atoms with Crippen molar-refractivity contribution >= 4 is 46.6 Å². The smallest absolute Gasteiger partial charge is 0.255 e. The maximum Gasteiger partial charge on any atom is 0.255 e. The van der Waals surface area contributed by atoms with Gasteiger partial charge in [-0.3, -0.25) is 9.59 Å². The van der Waals surface area contributed by atoms with Crippen molar-refractivity contribution in [1.29, 1.82) is 0 Å². The lowest BCUT2D eigenvalue weighted by Crippen LogP contribution is -2.37. The van der Waals surface area contributed by atoms with Crippen LogP contribution in [0.5, 0.6) is 0 Å². The Balaban J connectivity index is 2.46. The first-order valence-corrected chi connectivity index (χ1v) is 6.46. The summed E-state index contributed by atoms with van der Waals surface area (Å²) < 4.78 is 13.4. The van der Waals surface area contributed by atoms with E-state index in [1.165, 1.54) is 12.1 Å². The molecule has 1 aromatic rings. The number of hydrogen-bond donors (Lipinski definition) is 2. The number of amides is 2. The van der Waals surface area contributed by atoms with E-state index in [-0.39, 0.29) is 23.7 Å². The van der Waals surface area contributed by atoms with Gasteiger partial charge in [0.2, 0.25) is 0 Å². The molecule has 0 radical (unpaired) electrons. The molecule has 4 nitrogen and oxygen atoms in total. The van der Waals surface area contributed by atoms with Crippen LogP contribution in [0.2, 0.25) is 5.02 Å². The molecule has 0 atom stereocenters. The molecule has 0 aliphatic heterocycles. The van der Waals surface area contributed by atoms with Crippen LogP contribution in [0.3, 0.4) is 0 Å². The van der Waals surface area contributed by atoms with Crippen LogP contribution in [0.4, 0.5) is 4.39 Å². The van der Waals surface area contributed by atoms with Crippen molar-refractivity contribution in [3.63, 3.8) is 0 Å². The van der Waals surface area contributed by atoms with E-state index in [2.05, 4.69) is 10.6 Å². The van der Waals surface area contributed by atoms with Crippen LogP contribution >= 0.6 is 34.8 Å². The minimum Gasteiger partial charge on any atom is -0.352 e. The fourth-order valence-corrected chi connectivity index (χ4v) is 1.65. The Labute approximate surface area is 124 Å². The third-order valence-electron chi connectivity index (χ3n) is 2.10. The minimum absolute atomic E-state index is 0.0168. The van der Waals surface area contributed by atoms with E-state index >= 15 is 0 Å². The molecule has 0 aromatic heterocycles. The molecule has 0 spiro atoms. The third-order valence-corrected chi connectivity index (χ3v) is 2.81. The lowest BCUT2D eigenvalue weighted by Gasteiger charge is -2.08. The van der Waals surface area contributed by atoms with Gasteiger partial charge in [-0.15, -0.1) is 0 Å². The lowest BCUT2D eigenvalue weighted by molar-refractivity contribution is -0.119. The molecule has 1 aromatic carbocycles. The second-order valence-electron chi connectivity index (χ2n) is 3.44. The minimum atomic E-state index is -1.17. The standard InChI is InChI=1S/C11H10Cl3FN2O2/c12-6-2-1-3-7(15)8(6)10(18)16-4-5-17-11(19)9(13)14/h1-3,9H,4-5H2,(H,16,18)(H,17,19). The molecule has 1 rings (SSSR count). The number of alkyl halides is 2. The normalized spacial score (nSPS) is 10.4. The Bertz CT molecular complexity index is 463. The Morgan fingerprint density at radius 2 is 1.84 bits per heavy atom. The molecule has 2 amide bonds. The fraction of sp³-hybridized carbons (Fsp3) is 0.273. The molecule has 0 bridgehead atoms. The van der Waals surface area contributed by atoms with Crippen LogP contribution in [0.25, 0.3) is 0 Å². The summed E-state index contributed by atoms with van der Waals surface area (Å²) in [6, 6.07) is 3.94. The predicted octanol–water partition coefficient (Wildman–Crippen LogP) is 2.13. The van der Waals surface area contributed by atoms with Crippen molar-refractivity contribution in [3.8, 4) is 0 Å². The summed E-state index contributed by atoms with van der Waals surface area (Å²) in [6.45, 7) is 0.211. The Kier molecular flexibility index (Phi) is 6.34. The largest absolute Gasteiger partial charge is 0.352 e. The molecule has 104 valence electrons. The van der Waals surface area contributed by atoms with E-state index in [0.29, 0.717) is 0 Å². The van der Waals surface area contributed by atoms with Gasteiger partial charge >= 0.3 is 0 Å². The van der Waals surface area contributed by atoms with Gasteiger partial charge in [0.15, 0.2) is 4.84 Å². The van der Waals surface area contributed by atoms with Crippen LogP contribution in [0.15, 0.2) is 18.2 Å². The first kappa shape index (κ1) is 16.0. The van der Waals surface area contributed by atoms with Crippen LogP contribution in [-0.2, 0) is 4.79 Å². The molecule has 0 saturated carbocycles. The highest BCUT2D eigenvalue weighted by atomic mass is 35.5. The highest BCUT2D eigenvalue weighted by Gasteiger charge is 2.15. The highest BCUT2D eigenvalue weighted by molar-refractivity contribution is 6.53. The number of halogens is 4. The lowest BCUT2D eigenvalue weighted by atomic mass is 10.2. The maximum absolute atomic E-state index is 13.4. The highest BCUT2D eigenvalue weighted by Crippen LogP contribution is 2.18. The van der Waals surface area contributed by atoms with Crippen molar-refractivity contribution in [2.75, 3.05) is 13.1 Å². The Morgan fingerprint density at radius 3 is 2.42 bits per heavy atom. The average Bonchev–Trinajstić information content (AvgIpc) is 2.34. The number of carbonyl (C=O) groups excluding carboxylic acids is 2. The van der Waals surface area contributed by atoms with E-state index in [0.717, 1.165) is 6.07 Å². The number of carbonyl (C=O) groups is 2. The third kappa shape index (κ3) is 4.86. The van der Waals surface area contributed by atoms with E-state index < -0.39 is 22.5 Å². The molecule has 8 heteroatoms. The van der Waals surface area contributed by atoms with Crippen molar-refractivity contribution < 1.29 is 14.0 Å². The molecular weight excluding hydrogens is 317 g/mol. The molecule has 0 heterocycles. The van der Waals surface area contributed by atoms with Gasteiger partial charge in [0.1, 0.15) is 5.82 Å². The van der Waals surface area contributed by atoms with Crippen LogP contribution in [0.1, 0.15) is 10.4 Å². The van der Waals surface area contributed by atoms with Crippen molar-refractivity contribution in [2.45, 2.75) is 4.84 Å². The second kappa shape index (κ2) is 7.53. The van der Waals surface area contributed by atoms with Crippen LogP contribution in [0, 0.1) is 5.82 Å². The van der Waals surface area contributed by atoms with Gasteiger partial charge in [0.25, 0.3) is 11.8 Å². The summed E-state index contributed by atoms with van der Waals surface area (Å²) in [4.78, 5) is 21.5. The van der Waals surface area contributed by atoms with Crippen molar-refractivity contribution in [2.24, 2.45) is 0 Å². The molecule has 0 fully saturated rings. The fourth-order valence-electron chi connectivity index (χ4n) is 1.24. The zero-order valence-electron chi connectivity index (χ0n) is 9.55. The Morgan fingerprint density at radius 1 is 1.21 bits per heavy atom. The summed E-state index contributed by atoms with van der Waals surface area (Å²) in [5.41, 5.74) is -0.233. The summed E-state index contributed by atoms with van der Waals surface area (Å²) in [5, 5.41) is 4.80. The topological polar surface area (TPSA) is 58.2 Å². The number of rotatable bonds is 5. The summed E-state index contributed by atoms with van der Waals surface area (Å²) >= 11 is 16.3. The van der Waals surface area contributed by atoms with Gasteiger partial charge in [-0.2, -0.15) is 0 Å². The molecule has 0 aliphatic rings. The van der Waals surface area contributed by atoms with Gasteiger partial charge in [-0.1, -0.05) is 40.9 Å². The van der Waals surface area contributed by atoms with E-state index in [1.807, 2.05) is 0 Å². The zero-order chi connectivity index (χ0) is 14.4. The van der Waals surface area contributed by atoms with Crippen molar-refractivity contribution in [3.05, 3.63) is 34.6 Å². The second-order valence-corrected chi connectivity index (χ2v) is 4.95. The van der Waals surface area contributed by atoms with Crippen molar-refractivity contribution in [1.82, 2.24) is 10.6 Å². The quantitative estimate of drug-likeness (QED) is 0.643. The average molecular weight is 328 g/mol. The predicted molar refractivity (Wildman–Crippen MR) is 72.2 cm³/mol. The van der Waals surface area contributed by atoms with Gasteiger partial charge in [0, 0.05) is 13.1 Å². The summed E-state index contributed by atoms with van der Waals surface area (Å²) in [6.07, 6.45) is 0. The number of hydrogen-bond acceptors (Lipinski definition) is 2. The summed E-state index contributed by atoms with van der Waals surface area (Å²) in [5.74, 6) is -1.94. The number of nitrogens with one attached hydrogen (secondary N) is 2. The van der Waals surface area contributed by atoms with Gasteiger partial charge < -0.3 is 10.6 Å². The van der Waals surface area contributed by atoms with E-state index in [9.17, 15) is 14.0 Å². The molecule has 0 unspecified atom stereocenters. The molecule has 0 aliphatic carbocycles. The molecule has 0 saturated heterocycles. The van der Waals surface area contributed by atoms with E-state index in [4.69, 9.17) is 34.8 Å². The Hall–Kier alpha value is -1.04. The summed E-state index contributed by atoms with van der Waals surface area (Å²) in [7, 11) is 0. The van der Waals surface area contributed by atoms with Gasteiger partial charge in [-0.25, -0.2) is 4.39 Å². The van der Waals surface area contributed by atoms with Gasteiger partial charge in [-0.05, 0) is 12.1 Å². The van der Waals surface area contributed by atoms with Crippen LogP contribution < -0.4 is 10.6 Å². The van der Waals surface area contributed by atoms with Gasteiger partial charge in [0.05, 0.1) is 10.6 Å². The zero-order valence-corrected chi connectivity index (χ0v) is 11.8. The SMILES string of the molecule is O=C(NCCNC(=O)C(Cl)Cl)c1c(F)cccc1Cl. The number of benzene rings is 1. The first-order chi connectivity index (χ1) is 8.93. The van der Waals surface area contributed by atoms with E-state index in [1.54, 1.807) is 0 Å². The monoisotopic (exact) mass is 326 g/mol. The first-order valence-electron chi connectivity index (χ1n) is 5.21. The molecular formula is C11H10Cl3FN2O2. The molecule has 19 heavy (non-hydrogen) atoms. The van der Waals surface area contributed by atoms with Crippen LogP contribution in [-0.4, -0.2) is 29.7 Å².